The van der Waals surface area contributed by atoms with Gasteiger partial charge in [-0.25, -0.2) is 0 Å². The molecule has 0 saturated heterocycles. The highest BCUT2D eigenvalue weighted by molar-refractivity contribution is 7.86. The van der Waals surface area contributed by atoms with E-state index in [2.05, 4.69) is 5.10 Å². The number of hydrazone groups is 1. The highest BCUT2D eigenvalue weighted by Gasteiger charge is 2.50. The van der Waals surface area contributed by atoms with Crippen LogP contribution >= 0.6 is 0 Å². The van der Waals surface area contributed by atoms with Crippen LogP contribution in [0.5, 0.6) is 0 Å². The van der Waals surface area contributed by atoms with E-state index in [9.17, 15) is 29.4 Å². The second-order valence-corrected chi connectivity index (χ2v) is 8.68. The summed E-state index contributed by atoms with van der Waals surface area (Å²) in [6.45, 7) is 1.40. The Hall–Kier alpha value is -1.88. The molecule has 0 aromatic heterocycles. The number of halogens is 2. The van der Waals surface area contributed by atoms with E-state index in [0.29, 0.717) is 5.69 Å². The zero-order valence-electron chi connectivity index (χ0n) is 13.2. The molecule has 1 aromatic carbocycles. The van der Waals surface area contributed by atoms with Crippen molar-refractivity contribution in [1.82, 2.24) is 0 Å². The summed E-state index contributed by atoms with van der Waals surface area (Å²) < 4.78 is 69.4. The van der Waals surface area contributed by atoms with Gasteiger partial charge < -0.3 is 0 Å². The fraction of sp³-hybridized carbons (Fsp3) is 0.429. The molecule has 7 nitrogen and oxygen atoms in total. The first-order valence-electron chi connectivity index (χ1n) is 7.25. The number of hydrogen-bond acceptors (Lipinski definition) is 6. The zero-order valence-corrected chi connectivity index (χ0v) is 14.9. The molecule has 1 aliphatic rings. The lowest BCUT2D eigenvalue weighted by Gasteiger charge is -2.27. The quantitative estimate of drug-likeness (QED) is 0.656. The van der Waals surface area contributed by atoms with E-state index in [1.807, 2.05) is 0 Å². The van der Waals surface area contributed by atoms with Crippen LogP contribution in [0.1, 0.15) is 19.8 Å². The molecule has 25 heavy (non-hydrogen) atoms. The summed E-state index contributed by atoms with van der Waals surface area (Å²) >= 11 is 0. The lowest BCUT2D eigenvalue weighted by Crippen LogP contribution is -2.41. The Morgan fingerprint density at radius 2 is 1.48 bits per heavy atom. The third-order valence-corrected chi connectivity index (χ3v) is 5.47. The normalized spacial score (nSPS) is 17.6. The summed E-state index contributed by atoms with van der Waals surface area (Å²) in [5.74, 6) is -2.72. The summed E-state index contributed by atoms with van der Waals surface area (Å²) in [7, 11) is -9.80. The van der Waals surface area contributed by atoms with E-state index < -0.39 is 56.1 Å². The van der Waals surface area contributed by atoms with Crippen molar-refractivity contribution < 1.29 is 29.4 Å². The van der Waals surface area contributed by atoms with E-state index in [0.717, 1.165) is 5.01 Å². The molecule has 1 aromatic rings. The van der Waals surface area contributed by atoms with Crippen LogP contribution in [-0.2, 0) is 25.2 Å². The van der Waals surface area contributed by atoms with Crippen LogP contribution in [-0.4, -0.2) is 40.0 Å². The number of anilines is 1. The first-order valence-corrected chi connectivity index (χ1v) is 10.4. The van der Waals surface area contributed by atoms with E-state index in [1.54, 1.807) is 30.3 Å². The van der Waals surface area contributed by atoms with Crippen molar-refractivity contribution in [1.29, 1.82) is 0 Å². The summed E-state index contributed by atoms with van der Waals surface area (Å²) in [5.41, 5.74) is -1.22. The van der Waals surface area contributed by atoms with Crippen molar-refractivity contribution in [3.63, 3.8) is 0 Å². The molecule has 2 rings (SSSR count). The molecule has 11 heteroatoms. The number of nitrogens with zero attached hydrogens (tertiary/aromatic N) is 2. The Morgan fingerprint density at radius 3 is 1.92 bits per heavy atom. The average Bonchev–Trinajstić information content (AvgIpc) is 2.75. The standard InChI is InChI=1S/C14H16F2N2O5S2/c1-11-14(7-9-24(15,20)21,8-10-25(16,22)23)13(19)18(17-11)12-5-3-2-4-6-12/h2-6H,7-10H2,1H3. The van der Waals surface area contributed by atoms with Gasteiger partial charge in [-0.3, -0.25) is 4.79 Å². The third kappa shape index (κ3) is 4.60. The Kier molecular flexibility index (Phi) is 5.28. The Labute approximate surface area is 144 Å². The molecular formula is C14H16F2N2O5S2. The largest absolute Gasteiger partial charge is 0.302 e. The Balaban J connectivity index is 2.40. The lowest BCUT2D eigenvalue weighted by atomic mass is 9.78. The van der Waals surface area contributed by atoms with Gasteiger partial charge in [0.1, 0.15) is 0 Å². The summed E-state index contributed by atoms with van der Waals surface area (Å²) in [6.07, 6.45) is -1.06. The summed E-state index contributed by atoms with van der Waals surface area (Å²) in [4.78, 5) is 12.8. The maximum Gasteiger partial charge on any atom is 0.302 e. The Bertz CT molecular complexity index is 862. The maximum absolute atomic E-state index is 13.0. The fourth-order valence-corrected chi connectivity index (χ4v) is 3.87. The van der Waals surface area contributed by atoms with Gasteiger partial charge in [-0.1, -0.05) is 18.2 Å². The number of amides is 1. The number of hydrogen-bond donors (Lipinski definition) is 0. The van der Waals surface area contributed by atoms with E-state index in [1.165, 1.54) is 6.92 Å². The van der Waals surface area contributed by atoms with Crippen LogP contribution in [0.2, 0.25) is 0 Å². The van der Waals surface area contributed by atoms with Crippen LogP contribution in [0.3, 0.4) is 0 Å². The van der Waals surface area contributed by atoms with Crippen LogP contribution in [0.25, 0.3) is 0 Å². The molecule has 0 saturated carbocycles. The fourth-order valence-electron chi connectivity index (χ4n) is 2.69. The Morgan fingerprint density at radius 1 is 1.00 bits per heavy atom. The zero-order chi connectivity index (χ0) is 18.9. The van der Waals surface area contributed by atoms with Crippen molar-refractivity contribution in [2.45, 2.75) is 19.8 Å². The van der Waals surface area contributed by atoms with Gasteiger partial charge in [-0.05, 0) is 31.9 Å². The van der Waals surface area contributed by atoms with Gasteiger partial charge in [-0.15, -0.1) is 7.77 Å². The van der Waals surface area contributed by atoms with E-state index in [-0.39, 0.29) is 5.71 Å². The monoisotopic (exact) mass is 394 g/mol. The van der Waals surface area contributed by atoms with E-state index >= 15 is 0 Å². The van der Waals surface area contributed by atoms with Crippen LogP contribution < -0.4 is 5.01 Å². The SMILES string of the molecule is CC1=NN(c2ccccc2)C(=O)C1(CCS(=O)(=O)F)CCS(=O)(=O)F. The van der Waals surface area contributed by atoms with Crippen molar-refractivity contribution in [3.05, 3.63) is 30.3 Å². The minimum Gasteiger partial charge on any atom is -0.271 e. The lowest BCUT2D eigenvalue weighted by molar-refractivity contribution is -0.124. The van der Waals surface area contributed by atoms with Crippen molar-refractivity contribution >= 4 is 37.8 Å². The van der Waals surface area contributed by atoms with E-state index in [4.69, 9.17) is 0 Å². The first kappa shape index (κ1) is 19.4. The third-order valence-electron chi connectivity index (χ3n) is 4.09. The molecule has 0 fully saturated rings. The van der Waals surface area contributed by atoms with Crippen LogP contribution in [0.4, 0.5) is 13.5 Å². The highest BCUT2D eigenvalue weighted by atomic mass is 32.3. The predicted octanol–water partition coefficient (Wildman–Crippen LogP) is 1.77. The van der Waals surface area contributed by atoms with Crippen LogP contribution in [0, 0.1) is 5.41 Å². The molecule has 1 aliphatic heterocycles. The minimum atomic E-state index is -4.90. The maximum atomic E-state index is 13.0. The van der Waals surface area contributed by atoms with Gasteiger partial charge in [-0.2, -0.15) is 26.9 Å². The molecule has 0 bridgehead atoms. The number of para-hydroxylation sites is 1. The summed E-state index contributed by atoms with van der Waals surface area (Å²) in [5, 5.41) is 5.05. The molecule has 138 valence electrons. The number of carbonyl (C=O) groups excluding carboxylic acids is 1. The van der Waals surface area contributed by atoms with Crippen LogP contribution in [0.15, 0.2) is 35.4 Å². The molecule has 0 unspecified atom stereocenters. The predicted molar refractivity (Wildman–Crippen MR) is 88.5 cm³/mol. The molecule has 1 amide bonds. The average molecular weight is 394 g/mol. The first-order chi connectivity index (χ1) is 11.4. The van der Waals surface area contributed by atoms with Gasteiger partial charge in [0.25, 0.3) is 5.91 Å². The van der Waals surface area contributed by atoms with Gasteiger partial charge >= 0.3 is 20.4 Å². The molecule has 0 radical (unpaired) electrons. The number of rotatable bonds is 7. The van der Waals surface area contributed by atoms with Gasteiger partial charge in [0.15, 0.2) is 0 Å². The molecule has 0 N–H and O–H groups in total. The van der Waals surface area contributed by atoms with Gasteiger partial charge in [0.05, 0.1) is 28.3 Å². The second kappa shape index (κ2) is 6.79. The highest BCUT2D eigenvalue weighted by Crippen LogP contribution is 2.39. The van der Waals surface area contributed by atoms with Crippen molar-refractivity contribution in [2.75, 3.05) is 16.5 Å². The smallest absolute Gasteiger partial charge is 0.271 e. The minimum absolute atomic E-state index is 0.105. The van der Waals surface area contributed by atoms with Crippen molar-refractivity contribution in [2.24, 2.45) is 10.5 Å². The van der Waals surface area contributed by atoms with Gasteiger partial charge in [0, 0.05) is 0 Å². The molecule has 0 atom stereocenters. The van der Waals surface area contributed by atoms with Gasteiger partial charge in [0.2, 0.25) is 0 Å². The molecular weight excluding hydrogens is 378 g/mol. The number of carbonyl (C=O) groups is 1. The van der Waals surface area contributed by atoms with Crippen molar-refractivity contribution in [3.8, 4) is 0 Å². The molecule has 0 spiro atoms. The topological polar surface area (TPSA) is 101 Å². The second-order valence-electron chi connectivity index (χ2n) is 5.71. The number of benzene rings is 1. The molecule has 0 aliphatic carbocycles. The summed E-state index contributed by atoms with van der Waals surface area (Å²) in [6, 6.07) is 8.14. The molecule has 1 heterocycles.